The van der Waals surface area contributed by atoms with Crippen LogP contribution in [0.3, 0.4) is 0 Å². The van der Waals surface area contributed by atoms with Crippen molar-refractivity contribution in [1.82, 2.24) is 24.6 Å². The van der Waals surface area contributed by atoms with Crippen LogP contribution in [0, 0.1) is 17.8 Å². The van der Waals surface area contributed by atoms with Gasteiger partial charge in [-0.05, 0) is 44.0 Å². The molecule has 2 aromatic carbocycles. The van der Waals surface area contributed by atoms with Gasteiger partial charge in [0.05, 0.1) is 22.6 Å². The molecule has 1 saturated carbocycles. The second-order valence-corrected chi connectivity index (χ2v) is 9.81. The largest absolute Gasteiger partial charge is 0.381 e. The number of rotatable bonds is 6. The molecule has 1 aliphatic rings. The SMILES string of the molecule is C=C/C=N\c1c(C(=O)NC(C)c2nc3cccc(C#CC4CCCC4)c3c(=O)n2-c2ccccc2)c(N)nn1C. The third kappa shape index (κ3) is 5.16. The van der Waals surface area contributed by atoms with E-state index in [0.29, 0.717) is 39.7 Å². The predicted molar refractivity (Wildman–Crippen MR) is 158 cm³/mol. The zero-order valence-corrected chi connectivity index (χ0v) is 22.6. The summed E-state index contributed by atoms with van der Waals surface area (Å²) >= 11 is 0. The van der Waals surface area contributed by atoms with E-state index >= 15 is 0 Å². The average molecular weight is 534 g/mol. The lowest BCUT2D eigenvalue weighted by atomic mass is 10.1. The third-order valence-electron chi connectivity index (χ3n) is 7.01. The molecule has 202 valence electrons. The highest BCUT2D eigenvalue weighted by Gasteiger charge is 2.25. The standard InChI is InChI=1S/C31H31N7O2/c1-4-19-33-29-26(27(32)36-37(29)3)30(39)34-20(2)28-35-24-16-10-13-22(18-17-21-11-8-9-12-21)25(24)31(40)38(28)23-14-6-5-7-15-23/h4-7,10,13-16,19-21H,1,8-9,11-12H2,2-3H3,(H2,32,36)(H,34,39)/b33-19-. The van der Waals surface area contributed by atoms with E-state index in [9.17, 15) is 9.59 Å². The van der Waals surface area contributed by atoms with E-state index in [4.69, 9.17) is 10.7 Å². The Hall–Kier alpha value is -4.97. The van der Waals surface area contributed by atoms with Crippen LogP contribution in [-0.2, 0) is 7.05 Å². The summed E-state index contributed by atoms with van der Waals surface area (Å²) in [7, 11) is 1.65. The summed E-state index contributed by atoms with van der Waals surface area (Å²) in [4.78, 5) is 36.7. The molecule has 1 atom stereocenters. The van der Waals surface area contributed by atoms with Gasteiger partial charge in [0.15, 0.2) is 11.6 Å². The van der Waals surface area contributed by atoms with Crippen LogP contribution < -0.4 is 16.6 Å². The van der Waals surface area contributed by atoms with Crippen LogP contribution in [0.1, 0.15) is 60.4 Å². The second-order valence-electron chi connectivity index (χ2n) is 9.81. The number of hydrogen-bond donors (Lipinski definition) is 2. The van der Waals surface area contributed by atoms with E-state index in [1.807, 2.05) is 42.5 Å². The maximum atomic E-state index is 14.1. The fourth-order valence-corrected chi connectivity index (χ4v) is 5.08. The highest BCUT2D eigenvalue weighted by atomic mass is 16.2. The Labute approximate surface area is 232 Å². The van der Waals surface area contributed by atoms with Gasteiger partial charge in [0.2, 0.25) is 0 Å². The number of allylic oxidation sites excluding steroid dienone is 1. The van der Waals surface area contributed by atoms with Gasteiger partial charge >= 0.3 is 0 Å². The van der Waals surface area contributed by atoms with Crippen molar-refractivity contribution in [2.75, 3.05) is 5.73 Å². The van der Waals surface area contributed by atoms with Crippen LogP contribution >= 0.6 is 0 Å². The van der Waals surface area contributed by atoms with Crippen LogP contribution in [0.25, 0.3) is 16.6 Å². The number of nitrogens with zero attached hydrogens (tertiary/aromatic N) is 5. The number of benzene rings is 2. The highest BCUT2D eigenvalue weighted by Crippen LogP contribution is 2.27. The number of hydrogen-bond acceptors (Lipinski definition) is 6. The van der Waals surface area contributed by atoms with Gasteiger partial charge in [-0.1, -0.05) is 61.6 Å². The first-order valence-electron chi connectivity index (χ1n) is 13.3. The molecular formula is C31H31N7O2. The number of aromatic nitrogens is 4. The first-order chi connectivity index (χ1) is 19.4. The zero-order valence-electron chi connectivity index (χ0n) is 22.6. The molecule has 2 heterocycles. The molecule has 1 amide bonds. The Morgan fingerprint density at radius 3 is 2.67 bits per heavy atom. The van der Waals surface area contributed by atoms with Gasteiger partial charge < -0.3 is 11.1 Å². The molecule has 3 N–H and O–H groups in total. The molecule has 0 bridgehead atoms. The minimum Gasteiger partial charge on any atom is -0.381 e. The van der Waals surface area contributed by atoms with Crippen molar-refractivity contribution in [2.24, 2.45) is 18.0 Å². The van der Waals surface area contributed by atoms with E-state index in [1.165, 1.54) is 34.4 Å². The third-order valence-corrected chi connectivity index (χ3v) is 7.01. The van der Waals surface area contributed by atoms with E-state index in [-0.39, 0.29) is 16.9 Å². The molecule has 0 saturated heterocycles. The summed E-state index contributed by atoms with van der Waals surface area (Å²) in [6.45, 7) is 5.40. The van der Waals surface area contributed by atoms with Gasteiger partial charge in [-0.15, -0.1) is 0 Å². The Balaban J connectivity index is 1.61. The molecule has 40 heavy (non-hydrogen) atoms. The topological polar surface area (TPSA) is 120 Å². The number of anilines is 1. The number of carbonyl (C=O) groups is 1. The fraction of sp³-hybridized carbons (Fsp3) is 0.258. The Kier molecular flexibility index (Phi) is 7.60. The van der Waals surface area contributed by atoms with Gasteiger partial charge in [0, 0.05) is 24.7 Å². The molecule has 9 heteroatoms. The first kappa shape index (κ1) is 26.6. The summed E-state index contributed by atoms with van der Waals surface area (Å²) in [5, 5.41) is 7.54. The number of aryl methyl sites for hydroxylation is 1. The van der Waals surface area contributed by atoms with Gasteiger partial charge in [-0.25, -0.2) is 14.7 Å². The molecule has 9 nitrogen and oxygen atoms in total. The van der Waals surface area contributed by atoms with E-state index < -0.39 is 11.9 Å². The summed E-state index contributed by atoms with van der Waals surface area (Å²) in [6, 6.07) is 14.1. The highest BCUT2D eigenvalue weighted by molar-refractivity contribution is 6.03. The maximum Gasteiger partial charge on any atom is 0.267 e. The van der Waals surface area contributed by atoms with Crippen molar-refractivity contribution in [2.45, 2.75) is 38.6 Å². The number of fused-ring (bicyclic) bond motifs is 1. The molecule has 1 aliphatic carbocycles. The fourth-order valence-electron chi connectivity index (χ4n) is 5.08. The Morgan fingerprint density at radius 2 is 1.95 bits per heavy atom. The summed E-state index contributed by atoms with van der Waals surface area (Å²) < 4.78 is 2.97. The lowest BCUT2D eigenvalue weighted by molar-refractivity contribution is 0.0939. The first-order valence-corrected chi connectivity index (χ1v) is 13.3. The summed E-state index contributed by atoms with van der Waals surface area (Å²) in [5.74, 6) is 7.21. The molecular weight excluding hydrogens is 502 g/mol. The quantitative estimate of drug-likeness (QED) is 0.277. The van der Waals surface area contributed by atoms with Crippen molar-refractivity contribution in [3.63, 3.8) is 0 Å². The molecule has 2 aromatic heterocycles. The predicted octanol–water partition coefficient (Wildman–Crippen LogP) is 4.62. The van der Waals surface area contributed by atoms with Crippen LogP contribution in [0.2, 0.25) is 0 Å². The number of nitrogen functional groups attached to an aromatic ring is 1. The molecule has 0 radical (unpaired) electrons. The van der Waals surface area contributed by atoms with Crippen LogP contribution in [-0.4, -0.2) is 31.5 Å². The number of nitrogens with one attached hydrogen (secondary N) is 1. The van der Waals surface area contributed by atoms with Crippen molar-refractivity contribution < 1.29 is 4.79 Å². The number of aliphatic imine (C=N–C) groups is 1. The van der Waals surface area contributed by atoms with Crippen molar-refractivity contribution in [1.29, 1.82) is 0 Å². The van der Waals surface area contributed by atoms with Crippen molar-refractivity contribution in [3.05, 3.63) is 88.5 Å². The molecule has 0 aliphatic heterocycles. The lowest BCUT2D eigenvalue weighted by Gasteiger charge is -2.20. The van der Waals surface area contributed by atoms with E-state index in [1.54, 1.807) is 20.0 Å². The van der Waals surface area contributed by atoms with Gasteiger partial charge in [0.1, 0.15) is 11.4 Å². The Morgan fingerprint density at radius 1 is 1.20 bits per heavy atom. The Bertz CT molecular complexity index is 1730. The normalized spacial score (nSPS) is 14.2. The second kappa shape index (κ2) is 11.4. The minimum absolute atomic E-state index is 0.0424. The molecule has 1 unspecified atom stereocenters. The zero-order chi connectivity index (χ0) is 28.2. The van der Waals surface area contributed by atoms with Crippen LogP contribution in [0.5, 0.6) is 0 Å². The lowest BCUT2D eigenvalue weighted by Crippen LogP contribution is -2.33. The molecule has 4 aromatic rings. The van der Waals surface area contributed by atoms with Gasteiger partial charge in [-0.3, -0.25) is 14.2 Å². The molecule has 5 rings (SSSR count). The molecule has 0 spiro atoms. The number of para-hydroxylation sites is 1. The number of nitrogens with two attached hydrogens (primary N) is 1. The van der Waals surface area contributed by atoms with Gasteiger partial charge in [0.25, 0.3) is 11.5 Å². The smallest absolute Gasteiger partial charge is 0.267 e. The van der Waals surface area contributed by atoms with Crippen molar-refractivity contribution in [3.8, 4) is 17.5 Å². The summed E-state index contributed by atoms with van der Waals surface area (Å²) in [5.41, 5.74) is 7.75. The maximum absolute atomic E-state index is 14.1. The van der Waals surface area contributed by atoms with Gasteiger partial charge in [-0.2, -0.15) is 5.10 Å². The summed E-state index contributed by atoms with van der Waals surface area (Å²) in [6.07, 6.45) is 7.52. The number of amides is 1. The van der Waals surface area contributed by atoms with E-state index in [0.717, 1.165) is 12.8 Å². The van der Waals surface area contributed by atoms with E-state index in [2.05, 4.69) is 33.8 Å². The van der Waals surface area contributed by atoms with Crippen LogP contribution in [0.4, 0.5) is 11.6 Å². The minimum atomic E-state index is -0.672. The molecule has 1 fully saturated rings. The average Bonchev–Trinajstić information content (AvgIpc) is 3.57. The number of carbonyl (C=O) groups excluding carboxylic acids is 1. The monoisotopic (exact) mass is 533 g/mol. The van der Waals surface area contributed by atoms with Crippen LogP contribution in [0.15, 0.2) is 71.0 Å². The van der Waals surface area contributed by atoms with Crippen molar-refractivity contribution >= 4 is 34.7 Å².